The quantitative estimate of drug-likeness (QED) is 0.0228. The van der Waals surface area contributed by atoms with Gasteiger partial charge in [0.05, 0.1) is 6.61 Å². The first-order valence-corrected chi connectivity index (χ1v) is 28.9. The third-order valence-electron chi connectivity index (χ3n) is 12.3. The number of rotatable bonds is 47. The van der Waals surface area contributed by atoms with E-state index in [0.29, 0.717) is 25.7 Å². The first kappa shape index (κ1) is 68.4. The second kappa shape index (κ2) is 50.2. The normalized spacial score (nSPS) is 19.0. The van der Waals surface area contributed by atoms with E-state index in [4.69, 9.17) is 23.7 Å². The molecule has 1 rings (SSSR count). The number of aliphatic carboxylic acids is 1. The predicted octanol–water partition coefficient (Wildman–Crippen LogP) is 14.7. The maximum atomic E-state index is 13.1. The van der Waals surface area contributed by atoms with Gasteiger partial charge in [-0.3, -0.25) is 14.4 Å². The smallest absolute Gasteiger partial charge is 0.335 e. The molecule has 1 heterocycles. The number of carbonyl (C=O) groups is 4. The molecule has 0 aromatic heterocycles. The highest BCUT2D eigenvalue weighted by molar-refractivity contribution is 5.74. The monoisotopic (exact) mass is 1050 g/mol. The van der Waals surface area contributed by atoms with Crippen molar-refractivity contribution in [2.45, 2.75) is 250 Å². The van der Waals surface area contributed by atoms with E-state index >= 15 is 0 Å². The van der Waals surface area contributed by atoms with Crippen LogP contribution in [0.2, 0.25) is 0 Å². The van der Waals surface area contributed by atoms with Crippen molar-refractivity contribution < 1.29 is 58.2 Å². The molecule has 0 spiro atoms. The number of carbonyl (C=O) groups excluding carboxylic acids is 3. The number of hydrogen-bond donors (Lipinski definition) is 3. The lowest BCUT2D eigenvalue weighted by Crippen LogP contribution is -2.61. The van der Waals surface area contributed by atoms with E-state index in [-0.39, 0.29) is 25.9 Å². The number of hydrogen-bond acceptors (Lipinski definition) is 11. The Bertz CT molecular complexity index is 1720. The van der Waals surface area contributed by atoms with Gasteiger partial charge in [0.2, 0.25) is 0 Å². The topological polar surface area (TPSA) is 175 Å². The van der Waals surface area contributed by atoms with Crippen LogP contribution in [0.5, 0.6) is 0 Å². The standard InChI is InChI=1S/C63H100O12/c1-4-7-10-13-16-19-22-25-27-28-30-32-34-37-40-43-46-49-55(64)71-52-54(73-56(65)50-47-44-41-38-35-31-24-21-18-15-12-9-6-3)53-72-63-61(59(68)58(67)60(75-63)62(69)70)74-57(66)51-48-45-42-39-36-33-29-26-23-20-17-14-11-8-5-2/h7-8,10-11,16-17,19-21,24-27,29-30,32,36,39,54,58-61,63,67-68H,4-6,9,12-15,18,22-23,28,31,33-35,37-38,40-53H2,1-3H3,(H,69,70)/b10-7-,11-8-,19-16-,20-17-,24-21-,27-25-,29-26-,32-30-,39-36-. The minimum atomic E-state index is -1.93. The fraction of sp³-hybridized carbons (Fsp3) is 0.651. The van der Waals surface area contributed by atoms with Gasteiger partial charge in [-0.05, 0) is 122 Å². The molecule has 6 atom stereocenters. The molecule has 0 radical (unpaired) electrons. The summed E-state index contributed by atoms with van der Waals surface area (Å²) in [7, 11) is 0. The van der Waals surface area contributed by atoms with Crippen LogP contribution in [0, 0.1) is 0 Å². The average molecular weight is 1050 g/mol. The number of carboxylic acid groups (broad SMARTS) is 1. The molecular weight excluding hydrogens is 949 g/mol. The van der Waals surface area contributed by atoms with E-state index < -0.39 is 67.3 Å². The van der Waals surface area contributed by atoms with Gasteiger partial charge in [0.1, 0.15) is 18.8 Å². The van der Waals surface area contributed by atoms with Crippen LogP contribution in [0.3, 0.4) is 0 Å². The van der Waals surface area contributed by atoms with Crippen molar-refractivity contribution in [1.29, 1.82) is 0 Å². The fourth-order valence-corrected chi connectivity index (χ4v) is 7.93. The molecule has 12 nitrogen and oxygen atoms in total. The summed E-state index contributed by atoms with van der Waals surface area (Å²) in [6.07, 6.45) is 54.9. The van der Waals surface area contributed by atoms with E-state index in [1.54, 1.807) is 0 Å². The highest BCUT2D eigenvalue weighted by Gasteiger charge is 2.50. The van der Waals surface area contributed by atoms with Gasteiger partial charge in [0, 0.05) is 19.3 Å². The van der Waals surface area contributed by atoms with Crippen molar-refractivity contribution in [2.24, 2.45) is 0 Å². The predicted molar refractivity (Wildman–Crippen MR) is 303 cm³/mol. The number of aliphatic hydroxyl groups excluding tert-OH is 2. The van der Waals surface area contributed by atoms with Crippen molar-refractivity contribution in [3.8, 4) is 0 Å². The molecule has 1 saturated heterocycles. The van der Waals surface area contributed by atoms with Gasteiger partial charge in [0.15, 0.2) is 24.6 Å². The van der Waals surface area contributed by atoms with E-state index in [9.17, 15) is 34.5 Å². The van der Waals surface area contributed by atoms with Gasteiger partial charge in [-0.2, -0.15) is 0 Å². The third kappa shape index (κ3) is 40.3. The SMILES string of the molecule is CC/C=C\C/C=C\C/C=C\C/C=C\CCCCCCC(=O)OCC(COC1OC(C(=O)O)C(O)C(O)C1OC(=O)CCCC/C=C\C/C=C\C/C=C\C/C=C\CC)OC(=O)CCCCCCC/C=C\CCCCCC. The van der Waals surface area contributed by atoms with Crippen LogP contribution in [-0.4, -0.2) is 89.2 Å². The van der Waals surface area contributed by atoms with Crippen molar-refractivity contribution >= 4 is 23.9 Å². The summed E-state index contributed by atoms with van der Waals surface area (Å²) in [5.74, 6) is -3.23. The Morgan fingerprint density at radius 2 is 0.840 bits per heavy atom. The summed E-state index contributed by atoms with van der Waals surface area (Å²) in [6.45, 7) is 5.68. The van der Waals surface area contributed by atoms with Gasteiger partial charge in [0.25, 0.3) is 0 Å². The Hall–Kier alpha value is -4.62. The highest BCUT2D eigenvalue weighted by atomic mass is 16.7. The van der Waals surface area contributed by atoms with Crippen molar-refractivity contribution in [3.63, 3.8) is 0 Å². The zero-order chi connectivity index (χ0) is 54.7. The molecule has 6 unspecified atom stereocenters. The highest BCUT2D eigenvalue weighted by Crippen LogP contribution is 2.26. The Balaban J connectivity index is 2.75. The minimum Gasteiger partial charge on any atom is -0.479 e. The zero-order valence-corrected chi connectivity index (χ0v) is 46.5. The number of esters is 3. The van der Waals surface area contributed by atoms with Gasteiger partial charge in [-0.15, -0.1) is 0 Å². The van der Waals surface area contributed by atoms with Gasteiger partial charge in [-0.1, -0.05) is 182 Å². The van der Waals surface area contributed by atoms with Crippen molar-refractivity contribution in [3.05, 3.63) is 109 Å². The van der Waals surface area contributed by atoms with Crippen LogP contribution in [0.25, 0.3) is 0 Å². The maximum absolute atomic E-state index is 13.1. The fourth-order valence-electron chi connectivity index (χ4n) is 7.93. The number of carboxylic acids is 1. The van der Waals surface area contributed by atoms with Gasteiger partial charge < -0.3 is 39.0 Å². The van der Waals surface area contributed by atoms with E-state index in [0.717, 1.165) is 122 Å². The number of allylic oxidation sites excluding steroid dienone is 18. The molecule has 12 heteroatoms. The molecule has 0 saturated carbocycles. The second-order valence-corrected chi connectivity index (χ2v) is 19.2. The summed E-state index contributed by atoms with van der Waals surface area (Å²) in [4.78, 5) is 51.1. The van der Waals surface area contributed by atoms with Crippen molar-refractivity contribution in [2.75, 3.05) is 13.2 Å². The van der Waals surface area contributed by atoms with Crippen LogP contribution >= 0.6 is 0 Å². The molecule has 1 aliphatic heterocycles. The van der Waals surface area contributed by atoms with Crippen molar-refractivity contribution in [1.82, 2.24) is 0 Å². The molecule has 0 bridgehead atoms. The minimum absolute atomic E-state index is 0.000361. The molecule has 0 amide bonds. The maximum Gasteiger partial charge on any atom is 0.335 e. The Morgan fingerprint density at radius 1 is 0.453 bits per heavy atom. The first-order valence-electron chi connectivity index (χ1n) is 28.9. The Kier molecular flexibility index (Phi) is 45.8. The zero-order valence-electron chi connectivity index (χ0n) is 46.5. The lowest BCUT2D eigenvalue weighted by molar-refractivity contribution is -0.301. The summed E-state index contributed by atoms with van der Waals surface area (Å²) >= 11 is 0. The summed E-state index contributed by atoms with van der Waals surface area (Å²) in [5, 5.41) is 31.4. The number of ether oxygens (including phenoxy) is 5. The second-order valence-electron chi connectivity index (χ2n) is 19.2. The van der Waals surface area contributed by atoms with Crippen LogP contribution in [-0.2, 0) is 42.9 Å². The average Bonchev–Trinajstić information content (AvgIpc) is 3.39. The lowest BCUT2D eigenvalue weighted by atomic mass is 9.98. The summed E-state index contributed by atoms with van der Waals surface area (Å²) in [5.41, 5.74) is 0. The molecule has 424 valence electrons. The van der Waals surface area contributed by atoms with Crippen LogP contribution in [0.1, 0.15) is 213 Å². The molecule has 1 aliphatic rings. The molecule has 0 aromatic rings. The van der Waals surface area contributed by atoms with E-state index in [2.05, 4.69) is 130 Å². The number of unbranched alkanes of at least 4 members (excludes halogenated alkanes) is 15. The lowest BCUT2D eigenvalue weighted by Gasteiger charge is -2.40. The van der Waals surface area contributed by atoms with Crippen LogP contribution in [0.15, 0.2) is 109 Å². The molecule has 0 aromatic carbocycles. The first-order chi connectivity index (χ1) is 36.6. The summed E-state index contributed by atoms with van der Waals surface area (Å²) in [6, 6.07) is 0. The molecule has 75 heavy (non-hydrogen) atoms. The molecule has 1 fully saturated rings. The van der Waals surface area contributed by atoms with E-state index in [1.165, 1.54) is 25.7 Å². The summed E-state index contributed by atoms with van der Waals surface area (Å²) < 4.78 is 28.3. The Morgan fingerprint density at radius 3 is 1.32 bits per heavy atom. The van der Waals surface area contributed by atoms with Gasteiger partial charge in [-0.25, -0.2) is 4.79 Å². The Labute approximate surface area is 453 Å². The molecule has 0 aliphatic carbocycles. The molecular formula is C63H100O12. The van der Waals surface area contributed by atoms with Crippen LogP contribution in [0.4, 0.5) is 0 Å². The number of aliphatic hydroxyl groups is 2. The largest absolute Gasteiger partial charge is 0.479 e. The third-order valence-corrected chi connectivity index (χ3v) is 12.3. The molecule has 3 N–H and O–H groups in total. The van der Waals surface area contributed by atoms with Crippen LogP contribution < -0.4 is 0 Å². The van der Waals surface area contributed by atoms with E-state index in [1.807, 2.05) is 0 Å². The van der Waals surface area contributed by atoms with Gasteiger partial charge >= 0.3 is 23.9 Å².